The topological polar surface area (TPSA) is 68.5 Å². The summed E-state index contributed by atoms with van der Waals surface area (Å²) in [6.07, 6.45) is 1.85. The predicted octanol–water partition coefficient (Wildman–Crippen LogP) is 3.77. The first-order valence-electron chi connectivity index (χ1n) is 9.07. The van der Waals surface area contributed by atoms with Crippen LogP contribution >= 0.6 is 0 Å². The van der Waals surface area contributed by atoms with Crippen molar-refractivity contribution in [2.24, 2.45) is 0 Å². The Labute approximate surface area is 157 Å². The minimum atomic E-state index is 0.0187. The lowest BCUT2D eigenvalue weighted by Crippen LogP contribution is -2.39. The van der Waals surface area contributed by atoms with Gasteiger partial charge in [0.1, 0.15) is 5.75 Å². The second-order valence-electron chi connectivity index (χ2n) is 6.64. The van der Waals surface area contributed by atoms with Crippen molar-refractivity contribution in [1.82, 2.24) is 15.0 Å². The monoisotopic (exact) mass is 363 g/mol. The van der Waals surface area contributed by atoms with Gasteiger partial charge in [0.15, 0.2) is 0 Å². The lowest BCUT2D eigenvalue weighted by molar-refractivity contribution is 0.0695. The summed E-state index contributed by atoms with van der Waals surface area (Å²) in [6.45, 7) is 1.32. The van der Waals surface area contributed by atoms with E-state index in [4.69, 9.17) is 9.26 Å². The molecular formula is C21H21N3O3. The van der Waals surface area contributed by atoms with Gasteiger partial charge in [-0.25, -0.2) is 0 Å². The van der Waals surface area contributed by atoms with E-state index in [2.05, 4.69) is 10.1 Å². The van der Waals surface area contributed by atoms with E-state index >= 15 is 0 Å². The maximum absolute atomic E-state index is 12.8. The number of piperidine rings is 1. The summed E-state index contributed by atoms with van der Waals surface area (Å²) in [6, 6.07) is 17.0. The molecule has 0 saturated carbocycles. The zero-order valence-corrected chi connectivity index (χ0v) is 15.2. The van der Waals surface area contributed by atoms with E-state index < -0.39 is 0 Å². The van der Waals surface area contributed by atoms with Gasteiger partial charge in [0.25, 0.3) is 5.91 Å². The number of carbonyl (C=O) groups is 1. The highest BCUT2D eigenvalue weighted by Crippen LogP contribution is 2.28. The Bertz CT molecular complexity index is 906. The smallest absolute Gasteiger partial charge is 0.253 e. The second-order valence-corrected chi connectivity index (χ2v) is 6.64. The normalized spacial score (nSPS) is 16.9. The molecule has 2 heterocycles. The van der Waals surface area contributed by atoms with Gasteiger partial charge in [0.2, 0.25) is 11.7 Å². The zero-order valence-electron chi connectivity index (χ0n) is 15.2. The first kappa shape index (κ1) is 17.3. The molecule has 1 saturated heterocycles. The van der Waals surface area contributed by atoms with Gasteiger partial charge >= 0.3 is 0 Å². The Morgan fingerprint density at radius 3 is 2.67 bits per heavy atom. The molecular weight excluding hydrogens is 342 g/mol. The highest BCUT2D eigenvalue weighted by Gasteiger charge is 2.29. The Morgan fingerprint density at radius 1 is 1.15 bits per heavy atom. The van der Waals surface area contributed by atoms with Crippen molar-refractivity contribution in [1.29, 1.82) is 0 Å². The van der Waals surface area contributed by atoms with Crippen LogP contribution in [0.1, 0.15) is 35.0 Å². The molecule has 1 amide bonds. The number of rotatable bonds is 4. The molecule has 6 nitrogen and oxygen atoms in total. The molecule has 0 aliphatic carbocycles. The second kappa shape index (κ2) is 7.61. The molecule has 0 spiro atoms. The fraction of sp³-hybridized carbons (Fsp3) is 0.286. The molecule has 2 aromatic carbocycles. The molecule has 27 heavy (non-hydrogen) atoms. The van der Waals surface area contributed by atoms with Crippen molar-refractivity contribution in [3.8, 4) is 17.1 Å². The number of aromatic nitrogens is 2. The van der Waals surface area contributed by atoms with E-state index in [1.165, 1.54) is 0 Å². The third kappa shape index (κ3) is 3.69. The molecule has 1 fully saturated rings. The maximum Gasteiger partial charge on any atom is 0.253 e. The molecule has 3 aromatic rings. The summed E-state index contributed by atoms with van der Waals surface area (Å²) >= 11 is 0. The number of nitrogens with zero attached hydrogens (tertiary/aromatic N) is 3. The summed E-state index contributed by atoms with van der Waals surface area (Å²) in [4.78, 5) is 19.2. The lowest BCUT2D eigenvalue weighted by atomic mass is 9.97. The third-order valence-corrected chi connectivity index (χ3v) is 4.87. The van der Waals surface area contributed by atoms with Crippen molar-refractivity contribution in [2.75, 3.05) is 20.2 Å². The fourth-order valence-electron chi connectivity index (χ4n) is 3.38. The van der Waals surface area contributed by atoms with Crippen LogP contribution in [0.5, 0.6) is 5.75 Å². The van der Waals surface area contributed by atoms with Crippen LogP contribution in [-0.2, 0) is 0 Å². The van der Waals surface area contributed by atoms with Gasteiger partial charge < -0.3 is 14.2 Å². The van der Waals surface area contributed by atoms with Gasteiger partial charge in [-0.15, -0.1) is 0 Å². The van der Waals surface area contributed by atoms with E-state index in [1.807, 2.05) is 35.2 Å². The Morgan fingerprint density at radius 2 is 1.93 bits per heavy atom. The highest BCUT2D eigenvalue weighted by atomic mass is 16.5. The van der Waals surface area contributed by atoms with Crippen LogP contribution in [0.15, 0.2) is 59.1 Å². The summed E-state index contributed by atoms with van der Waals surface area (Å²) in [5.41, 5.74) is 1.58. The third-order valence-electron chi connectivity index (χ3n) is 4.87. The molecule has 1 aliphatic heterocycles. The van der Waals surface area contributed by atoms with Crippen LogP contribution in [-0.4, -0.2) is 41.1 Å². The average molecular weight is 363 g/mol. The van der Waals surface area contributed by atoms with E-state index in [9.17, 15) is 4.79 Å². The van der Waals surface area contributed by atoms with Crippen LogP contribution in [0.3, 0.4) is 0 Å². The van der Waals surface area contributed by atoms with Gasteiger partial charge in [-0.1, -0.05) is 35.5 Å². The molecule has 0 bridgehead atoms. The molecule has 1 unspecified atom stereocenters. The summed E-state index contributed by atoms with van der Waals surface area (Å²) in [5, 5.41) is 4.11. The molecule has 0 N–H and O–H groups in total. The van der Waals surface area contributed by atoms with Crippen molar-refractivity contribution in [3.05, 3.63) is 66.1 Å². The number of hydrogen-bond donors (Lipinski definition) is 0. The van der Waals surface area contributed by atoms with Crippen LogP contribution in [0.25, 0.3) is 11.4 Å². The van der Waals surface area contributed by atoms with E-state index in [1.54, 1.807) is 31.4 Å². The number of amides is 1. The number of methoxy groups -OCH3 is 1. The number of likely N-dealkylation sites (tertiary alicyclic amines) is 1. The van der Waals surface area contributed by atoms with Crippen molar-refractivity contribution < 1.29 is 14.1 Å². The fourth-order valence-corrected chi connectivity index (χ4v) is 3.38. The Hall–Kier alpha value is -3.15. The van der Waals surface area contributed by atoms with Crippen molar-refractivity contribution in [2.45, 2.75) is 18.8 Å². The van der Waals surface area contributed by atoms with Crippen LogP contribution in [0, 0.1) is 0 Å². The summed E-state index contributed by atoms with van der Waals surface area (Å²) < 4.78 is 10.7. The molecule has 4 rings (SSSR count). The molecule has 1 aliphatic rings. The van der Waals surface area contributed by atoms with Gasteiger partial charge in [-0.3, -0.25) is 4.79 Å². The number of ether oxygens (including phenoxy) is 1. The highest BCUT2D eigenvalue weighted by molar-refractivity contribution is 5.94. The first-order valence-corrected chi connectivity index (χ1v) is 9.07. The zero-order chi connectivity index (χ0) is 18.6. The largest absolute Gasteiger partial charge is 0.497 e. The Balaban J connectivity index is 1.48. The minimum Gasteiger partial charge on any atom is -0.497 e. The molecule has 6 heteroatoms. The van der Waals surface area contributed by atoms with Gasteiger partial charge in [-0.05, 0) is 37.1 Å². The molecule has 0 radical (unpaired) electrons. The van der Waals surface area contributed by atoms with E-state index in [-0.39, 0.29) is 11.8 Å². The lowest BCUT2D eigenvalue weighted by Gasteiger charge is -2.31. The van der Waals surface area contributed by atoms with Crippen molar-refractivity contribution in [3.63, 3.8) is 0 Å². The molecule has 1 aromatic heterocycles. The number of carbonyl (C=O) groups excluding carboxylic acids is 1. The van der Waals surface area contributed by atoms with Crippen LogP contribution in [0.4, 0.5) is 0 Å². The van der Waals surface area contributed by atoms with Gasteiger partial charge in [0, 0.05) is 24.2 Å². The molecule has 138 valence electrons. The first-order chi connectivity index (χ1) is 13.2. The average Bonchev–Trinajstić information content (AvgIpc) is 3.24. The van der Waals surface area contributed by atoms with Crippen LogP contribution < -0.4 is 4.74 Å². The quantitative estimate of drug-likeness (QED) is 0.706. The number of benzene rings is 2. The van der Waals surface area contributed by atoms with Gasteiger partial charge in [-0.2, -0.15) is 4.98 Å². The molecule has 1 atom stereocenters. The summed E-state index contributed by atoms with van der Waals surface area (Å²) in [5.74, 6) is 2.00. The van der Waals surface area contributed by atoms with Gasteiger partial charge in [0.05, 0.1) is 13.0 Å². The van der Waals surface area contributed by atoms with Crippen molar-refractivity contribution >= 4 is 5.91 Å². The predicted molar refractivity (Wildman–Crippen MR) is 101 cm³/mol. The number of hydrogen-bond acceptors (Lipinski definition) is 5. The SMILES string of the molecule is COc1ccc(C(=O)N2CCCC(c3nc(-c4ccccc4)no3)C2)cc1. The minimum absolute atomic E-state index is 0.0187. The standard InChI is InChI=1S/C21H21N3O3/c1-26-18-11-9-16(10-12-18)21(25)24-13-5-8-17(14-24)20-22-19(23-27-20)15-6-3-2-4-7-15/h2-4,6-7,9-12,17H,5,8,13-14H2,1H3. The van der Waals surface area contributed by atoms with E-state index in [0.717, 1.165) is 30.7 Å². The van der Waals surface area contributed by atoms with E-state index in [0.29, 0.717) is 23.8 Å². The van der Waals surface area contributed by atoms with Crippen LogP contribution in [0.2, 0.25) is 0 Å². The Kier molecular flexibility index (Phi) is 4.87. The maximum atomic E-state index is 12.8. The summed E-state index contributed by atoms with van der Waals surface area (Å²) in [7, 11) is 1.61.